The van der Waals surface area contributed by atoms with Crippen molar-refractivity contribution in [2.24, 2.45) is 7.05 Å². The second kappa shape index (κ2) is 5.59. The summed E-state index contributed by atoms with van der Waals surface area (Å²) in [5, 5.41) is 17.5. The number of nitrogens with zero attached hydrogens (tertiary/aromatic N) is 3. The highest BCUT2D eigenvalue weighted by molar-refractivity contribution is 5.96. The van der Waals surface area contributed by atoms with Gasteiger partial charge in [-0.15, -0.1) is 0 Å². The van der Waals surface area contributed by atoms with Crippen molar-refractivity contribution in [3.8, 4) is 11.5 Å². The third-order valence-electron chi connectivity index (χ3n) is 3.47. The van der Waals surface area contributed by atoms with Gasteiger partial charge in [-0.1, -0.05) is 6.07 Å². The van der Waals surface area contributed by atoms with E-state index < -0.39 is 10.8 Å². The molecular formula is C14H14N4O5. The van der Waals surface area contributed by atoms with Gasteiger partial charge in [0.1, 0.15) is 6.20 Å². The molecule has 1 aliphatic rings. The van der Waals surface area contributed by atoms with E-state index >= 15 is 0 Å². The van der Waals surface area contributed by atoms with Crippen molar-refractivity contribution >= 4 is 11.6 Å². The van der Waals surface area contributed by atoms with Gasteiger partial charge in [0.25, 0.3) is 5.91 Å². The normalized spacial score (nSPS) is 13.7. The number of hydrogen-bond donors (Lipinski definition) is 1. The minimum Gasteiger partial charge on any atom is -0.454 e. The topological polar surface area (TPSA) is 109 Å². The zero-order valence-electron chi connectivity index (χ0n) is 12.5. The summed E-state index contributed by atoms with van der Waals surface area (Å²) in [6.07, 6.45) is 1.19. The Morgan fingerprint density at radius 1 is 1.43 bits per heavy atom. The molecule has 2 heterocycles. The fraction of sp³-hybridized carbons (Fsp3) is 0.286. The lowest BCUT2D eigenvalue weighted by atomic mass is 10.1. The van der Waals surface area contributed by atoms with Gasteiger partial charge in [0.05, 0.1) is 11.0 Å². The van der Waals surface area contributed by atoms with Crippen LogP contribution in [0.5, 0.6) is 11.5 Å². The number of benzene rings is 1. The van der Waals surface area contributed by atoms with Gasteiger partial charge in [-0.05, 0) is 24.6 Å². The van der Waals surface area contributed by atoms with E-state index in [-0.39, 0.29) is 24.2 Å². The molecule has 9 nitrogen and oxygen atoms in total. The van der Waals surface area contributed by atoms with Crippen molar-refractivity contribution in [2.75, 3.05) is 6.79 Å². The van der Waals surface area contributed by atoms with Gasteiger partial charge in [-0.3, -0.25) is 19.6 Å². The number of aryl methyl sites for hydroxylation is 1. The molecule has 0 aliphatic carbocycles. The number of nitro groups is 1. The zero-order chi connectivity index (χ0) is 16.6. The first-order valence-electron chi connectivity index (χ1n) is 6.84. The molecule has 1 atom stereocenters. The van der Waals surface area contributed by atoms with Crippen molar-refractivity contribution < 1.29 is 19.2 Å². The van der Waals surface area contributed by atoms with Gasteiger partial charge in [-0.25, -0.2) is 0 Å². The minimum absolute atomic E-state index is 0.166. The summed E-state index contributed by atoms with van der Waals surface area (Å²) in [5.74, 6) is 0.641. The Labute approximate surface area is 131 Å². The Morgan fingerprint density at radius 3 is 2.91 bits per heavy atom. The van der Waals surface area contributed by atoms with E-state index in [0.717, 1.165) is 5.56 Å². The standard InChI is InChI=1S/C14H14N4O5/c1-8(9-3-4-11-12(5-9)23-7-22-11)15-14(19)13-10(18(20)21)6-17(2)16-13/h3-6,8H,7H2,1-2H3,(H,15,19)/t8-/m1/s1. The largest absolute Gasteiger partial charge is 0.454 e. The van der Waals surface area contributed by atoms with Crippen LogP contribution in [0.3, 0.4) is 0 Å². The number of ether oxygens (including phenoxy) is 2. The number of carbonyl (C=O) groups is 1. The van der Waals surface area contributed by atoms with E-state index in [1.807, 2.05) is 0 Å². The first kappa shape index (κ1) is 14.8. The Morgan fingerprint density at radius 2 is 2.17 bits per heavy atom. The Bertz CT molecular complexity index is 785. The summed E-state index contributed by atoms with van der Waals surface area (Å²) in [5.41, 5.74) is 0.245. The third kappa shape index (κ3) is 2.80. The maximum absolute atomic E-state index is 12.3. The fourth-order valence-corrected chi connectivity index (χ4v) is 2.30. The molecule has 0 fully saturated rings. The van der Waals surface area contributed by atoms with Crippen LogP contribution in [0.4, 0.5) is 5.69 Å². The molecule has 1 aliphatic heterocycles. The predicted octanol–water partition coefficient (Wildman–Crippen LogP) is 1.55. The number of amides is 1. The second-order valence-corrected chi connectivity index (χ2v) is 5.10. The van der Waals surface area contributed by atoms with Crippen LogP contribution in [-0.4, -0.2) is 27.4 Å². The molecule has 1 N–H and O–H groups in total. The highest BCUT2D eigenvalue weighted by atomic mass is 16.7. The molecule has 1 amide bonds. The van der Waals surface area contributed by atoms with E-state index in [9.17, 15) is 14.9 Å². The van der Waals surface area contributed by atoms with Gasteiger partial charge in [-0.2, -0.15) is 5.10 Å². The van der Waals surface area contributed by atoms with Gasteiger partial charge >= 0.3 is 5.69 Å². The highest BCUT2D eigenvalue weighted by Gasteiger charge is 2.26. The van der Waals surface area contributed by atoms with Crippen molar-refractivity contribution in [3.63, 3.8) is 0 Å². The summed E-state index contributed by atoms with van der Waals surface area (Å²) in [6.45, 7) is 1.93. The lowest BCUT2D eigenvalue weighted by Crippen LogP contribution is -2.27. The van der Waals surface area contributed by atoms with Crippen LogP contribution in [0.1, 0.15) is 29.0 Å². The first-order chi connectivity index (χ1) is 11.0. The summed E-state index contributed by atoms with van der Waals surface area (Å²) < 4.78 is 11.8. The Kier molecular flexibility index (Phi) is 3.61. The van der Waals surface area contributed by atoms with Gasteiger partial charge in [0.2, 0.25) is 12.5 Å². The molecule has 2 aromatic rings. The van der Waals surface area contributed by atoms with Crippen molar-refractivity contribution in [1.82, 2.24) is 15.1 Å². The SMILES string of the molecule is C[C@@H](NC(=O)c1nn(C)cc1[N+](=O)[O-])c1ccc2c(c1)OCO2. The van der Waals surface area contributed by atoms with Crippen LogP contribution in [0.25, 0.3) is 0 Å². The van der Waals surface area contributed by atoms with Gasteiger partial charge in [0.15, 0.2) is 11.5 Å². The molecule has 3 rings (SSSR count). The lowest BCUT2D eigenvalue weighted by molar-refractivity contribution is -0.385. The lowest BCUT2D eigenvalue weighted by Gasteiger charge is -2.13. The second-order valence-electron chi connectivity index (χ2n) is 5.10. The molecule has 0 saturated heterocycles. The number of hydrogen-bond acceptors (Lipinski definition) is 6. The first-order valence-corrected chi connectivity index (χ1v) is 6.84. The van der Waals surface area contributed by atoms with E-state index in [0.29, 0.717) is 11.5 Å². The summed E-state index contributed by atoms with van der Waals surface area (Å²) in [4.78, 5) is 22.6. The molecule has 0 unspecified atom stereocenters. The molecule has 0 radical (unpaired) electrons. The van der Waals surface area contributed by atoms with Crippen LogP contribution in [-0.2, 0) is 7.05 Å². The third-order valence-corrected chi connectivity index (χ3v) is 3.47. The Hall–Kier alpha value is -3.10. The van der Waals surface area contributed by atoms with Crippen molar-refractivity contribution in [2.45, 2.75) is 13.0 Å². The molecule has 23 heavy (non-hydrogen) atoms. The average Bonchev–Trinajstić information content (AvgIpc) is 3.12. The van der Waals surface area contributed by atoms with Gasteiger partial charge in [0, 0.05) is 7.05 Å². The van der Waals surface area contributed by atoms with Crippen LogP contribution in [0, 0.1) is 10.1 Å². The fourth-order valence-electron chi connectivity index (χ4n) is 2.30. The van der Waals surface area contributed by atoms with Crippen LogP contribution >= 0.6 is 0 Å². The van der Waals surface area contributed by atoms with E-state index in [1.165, 1.54) is 17.9 Å². The van der Waals surface area contributed by atoms with Gasteiger partial charge < -0.3 is 14.8 Å². The molecule has 0 saturated carbocycles. The van der Waals surface area contributed by atoms with E-state index in [2.05, 4.69) is 10.4 Å². The molecule has 9 heteroatoms. The molecular weight excluding hydrogens is 304 g/mol. The summed E-state index contributed by atoms with van der Waals surface area (Å²) in [6, 6.07) is 4.94. The molecule has 0 bridgehead atoms. The van der Waals surface area contributed by atoms with Crippen molar-refractivity contribution in [3.05, 3.63) is 45.8 Å². The van der Waals surface area contributed by atoms with Crippen LogP contribution in [0.2, 0.25) is 0 Å². The van der Waals surface area contributed by atoms with Crippen LogP contribution < -0.4 is 14.8 Å². The smallest absolute Gasteiger partial charge is 0.320 e. The maximum Gasteiger partial charge on any atom is 0.320 e. The molecule has 120 valence electrons. The summed E-state index contributed by atoms with van der Waals surface area (Å²) >= 11 is 0. The number of nitrogens with one attached hydrogen (secondary N) is 1. The van der Waals surface area contributed by atoms with Crippen molar-refractivity contribution in [1.29, 1.82) is 0 Å². The summed E-state index contributed by atoms with van der Waals surface area (Å²) in [7, 11) is 1.52. The number of carbonyl (C=O) groups excluding carboxylic acids is 1. The van der Waals surface area contributed by atoms with E-state index in [4.69, 9.17) is 9.47 Å². The molecule has 1 aromatic heterocycles. The minimum atomic E-state index is -0.632. The monoisotopic (exact) mass is 318 g/mol. The predicted molar refractivity (Wildman–Crippen MR) is 78.3 cm³/mol. The zero-order valence-corrected chi connectivity index (χ0v) is 12.5. The van der Waals surface area contributed by atoms with E-state index in [1.54, 1.807) is 25.1 Å². The Balaban J connectivity index is 1.79. The molecule has 0 spiro atoms. The number of rotatable bonds is 4. The average molecular weight is 318 g/mol. The maximum atomic E-state index is 12.3. The quantitative estimate of drug-likeness (QED) is 0.676. The molecule has 1 aromatic carbocycles. The van der Waals surface area contributed by atoms with Crippen LogP contribution in [0.15, 0.2) is 24.4 Å². The highest BCUT2D eigenvalue weighted by Crippen LogP contribution is 2.34. The number of fused-ring (bicyclic) bond motifs is 1. The number of aromatic nitrogens is 2.